The molecule has 166 valence electrons. The molecule has 1 unspecified atom stereocenters. The second kappa shape index (κ2) is 8.36. The van der Waals surface area contributed by atoms with Gasteiger partial charge in [-0.05, 0) is 111 Å². The summed E-state index contributed by atoms with van der Waals surface area (Å²) < 4.78 is 0. The molecule has 31 heavy (non-hydrogen) atoms. The summed E-state index contributed by atoms with van der Waals surface area (Å²) in [5, 5.41) is 9.01. The van der Waals surface area contributed by atoms with Gasteiger partial charge in [-0.25, -0.2) is 0 Å². The molecule has 0 amide bonds. The van der Waals surface area contributed by atoms with Crippen molar-refractivity contribution in [2.24, 2.45) is 17.3 Å². The first-order valence-corrected chi connectivity index (χ1v) is 12.6. The zero-order chi connectivity index (χ0) is 21.6. The summed E-state index contributed by atoms with van der Waals surface area (Å²) >= 11 is 11.6. The molecule has 3 atom stereocenters. The van der Waals surface area contributed by atoms with E-state index in [9.17, 15) is 0 Å². The Morgan fingerprint density at radius 1 is 0.903 bits per heavy atom. The van der Waals surface area contributed by atoms with Crippen LogP contribution in [0.2, 0.25) is 0 Å². The highest BCUT2D eigenvalue weighted by atomic mass is 32.1. The third-order valence-electron chi connectivity index (χ3n) is 7.90. The van der Waals surface area contributed by atoms with E-state index in [2.05, 4.69) is 64.6 Å². The monoisotopic (exact) mass is 454 g/mol. The number of hydrogen-bond acceptors (Lipinski definition) is 2. The van der Waals surface area contributed by atoms with Crippen molar-refractivity contribution in [3.05, 3.63) is 41.5 Å². The van der Waals surface area contributed by atoms with Crippen LogP contribution in [0.4, 0.5) is 5.69 Å². The number of nitrogens with zero attached hydrogens (tertiary/aromatic N) is 2. The summed E-state index contributed by atoms with van der Waals surface area (Å²) in [6.45, 7) is 8.51. The van der Waals surface area contributed by atoms with Gasteiger partial charge in [-0.1, -0.05) is 18.2 Å². The number of piperidine rings is 1. The predicted molar refractivity (Wildman–Crippen MR) is 136 cm³/mol. The second-order valence-electron chi connectivity index (χ2n) is 10.3. The van der Waals surface area contributed by atoms with Gasteiger partial charge in [0.1, 0.15) is 0 Å². The highest BCUT2D eigenvalue weighted by molar-refractivity contribution is 7.80. The van der Waals surface area contributed by atoms with Gasteiger partial charge in [0.25, 0.3) is 0 Å². The molecular weight excluding hydrogens is 420 g/mol. The minimum atomic E-state index is 0.395. The van der Waals surface area contributed by atoms with Crippen molar-refractivity contribution in [2.45, 2.75) is 52.0 Å². The van der Waals surface area contributed by atoms with Crippen LogP contribution in [0.25, 0.3) is 0 Å². The van der Waals surface area contributed by atoms with E-state index in [0.717, 1.165) is 48.0 Å². The summed E-state index contributed by atoms with van der Waals surface area (Å²) in [4.78, 5) is 4.78. The van der Waals surface area contributed by atoms with E-state index >= 15 is 0 Å². The maximum atomic E-state index is 5.83. The van der Waals surface area contributed by atoms with Crippen molar-refractivity contribution in [1.82, 2.24) is 15.1 Å². The highest BCUT2D eigenvalue weighted by Gasteiger charge is 2.43. The van der Waals surface area contributed by atoms with E-state index in [1.165, 1.54) is 43.2 Å². The number of likely N-dealkylation sites (tertiary alicyclic amines) is 2. The Balaban J connectivity index is 1.12. The Morgan fingerprint density at radius 3 is 2.19 bits per heavy atom. The first kappa shape index (κ1) is 21.2. The van der Waals surface area contributed by atoms with Crippen LogP contribution in [0.15, 0.2) is 30.4 Å². The van der Waals surface area contributed by atoms with Crippen LogP contribution in [0.1, 0.15) is 43.2 Å². The van der Waals surface area contributed by atoms with Crippen LogP contribution < -0.4 is 10.6 Å². The number of benzene rings is 1. The van der Waals surface area contributed by atoms with Gasteiger partial charge in [0.05, 0.1) is 0 Å². The molecule has 2 aliphatic heterocycles. The topological polar surface area (TPSA) is 30.5 Å². The van der Waals surface area contributed by atoms with Crippen molar-refractivity contribution in [1.29, 1.82) is 0 Å². The number of anilines is 1. The van der Waals surface area contributed by atoms with Crippen LogP contribution in [0, 0.1) is 31.1 Å². The van der Waals surface area contributed by atoms with Crippen LogP contribution in [-0.4, -0.2) is 52.2 Å². The standard InChI is InChI=1S/C25H34N4S2/c1-17-11-18(2)13-21(12-17)26-23(30)28-8-5-25(6-9-28)7-10-29(16-25)24(31)27-22-15-19-3-4-20(22)14-19/h3-4,11-13,19-20,22H,5-10,14-16H2,1-2H3,(H,26,30)(H,27,31)/t19-,20+,22?/m0/s1. The summed E-state index contributed by atoms with van der Waals surface area (Å²) in [6, 6.07) is 7.08. The molecule has 2 heterocycles. The molecule has 4 aliphatic rings. The first-order valence-electron chi connectivity index (χ1n) is 11.8. The third-order valence-corrected chi connectivity index (χ3v) is 8.63. The van der Waals surface area contributed by atoms with E-state index < -0.39 is 0 Å². The van der Waals surface area contributed by atoms with Gasteiger partial charge in [-0.2, -0.15) is 0 Å². The summed E-state index contributed by atoms with van der Waals surface area (Å²) in [6.07, 6.45) is 11.0. The highest BCUT2D eigenvalue weighted by Crippen LogP contribution is 2.42. The Kier molecular flexibility index (Phi) is 5.72. The maximum Gasteiger partial charge on any atom is 0.173 e. The largest absolute Gasteiger partial charge is 0.359 e. The Labute approximate surface area is 197 Å². The van der Waals surface area contributed by atoms with E-state index in [-0.39, 0.29) is 0 Å². The number of thiocarbonyl (C=S) groups is 2. The van der Waals surface area contributed by atoms with Gasteiger partial charge < -0.3 is 20.4 Å². The summed E-state index contributed by atoms with van der Waals surface area (Å²) in [7, 11) is 0. The molecule has 2 saturated heterocycles. The van der Waals surface area contributed by atoms with Crippen molar-refractivity contribution < 1.29 is 0 Å². The second-order valence-corrected chi connectivity index (χ2v) is 11.1. The molecule has 4 nitrogen and oxygen atoms in total. The fourth-order valence-corrected chi connectivity index (χ4v) is 6.75. The predicted octanol–water partition coefficient (Wildman–Crippen LogP) is 4.63. The molecule has 0 radical (unpaired) electrons. The molecule has 1 aromatic rings. The number of allylic oxidation sites excluding steroid dienone is 1. The molecule has 1 aromatic carbocycles. The summed E-state index contributed by atoms with van der Waals surface area (Å²) in [5.74, 6) is 1.47. The van der Waals surface area contributed by atoms with Crippen molar-refractivity contribution in [3.63, 3.8) is 0 Å². The molecule has 3 fully saturated rings. The number of rotatable bonds is 2. The van der Waals surface area contributed by atoms with Crippen LogP contribution in [0.3, 0.4) is 0 Å². The average Bonchev–Trinajstić information content (AvgIpc) is 3.44. The molecule has 6 heteroatoms. The number of aryl methyl sites for hydroxylation is 2. The normalized spacial score (nSPS) is 28.4. The lowest BCUT2D eigenvalue weighted by molar-refractivity contribution is 0.161. The molecule has 1 spiro atoms. The van der Waals surface area contributed by atoms with Gasteiger partial charge in [-0.3, -0.25) is 0 Å². The molecular formula is C25H34N4S2. The lowest BCUT2D eigenvalue weighted by atomic mass is 9.78. The molecule has 2 bridgehead atoms. The van der Waals surface area contributed by atoms with Crippen LogP contribution in [0.5, 0.6) is 0 Å². The Bertz CT molecular complexity index is 883. The van der Waals surface area contributed by atoms with Gasteiger partial charge in [0, 0.05) is 37.9 Å². The molecule has 1 saturated carbocycles. The molecule has 0 aromatic heterocycles. The lowest BCUT2D eigenvalue weighted by Gasteiger charge is -2.40. The smallest absolute Gasteiger partial charge is 0.173 e. The Morgan fingerprint density at radius 2 is 1.58 bits per heavy atom. The molecule has 2 aliphatic carbocycles. The number of fused-ring (bicyclic) bond motifs is 2. The third kappa shape index (κ3) is 4.47. The van der Waals surface area contributed by atoms with Gasteiger partial charge >= 0.3 is 0 Å². The van der Waals surface area contributed by atoms with Gasteiger partial charge in [0.2, 0.25) is 0 Å². The van der Waals surface area contributed by atoms with E-state index in [4.69, 9.17) is 24.4 Å². The lowest BCUT2D eigenvalue weighted by Crippen LogP contribution is -2.48. The average molecular weight is 455 g/mol. The number of hydrogen-bond donors (Lipinski definition) is 2. The van der Waals surface area contributed by atoms with E-state index in [1.807, 2.05) is 0 Å². The van der Waals surface area contributed by atoms with Crippen molar-refractivity contribution in [3.8, 4) is 0 Å². The SMILES string of the molecule is Cc1cc(C)cc(NC(=S)N2CCC3(CC2)CCN(C(=S)NC2C[C@H]4C=C[C@@H]2C4)C3)c1. The van der Waals surface area contributed by atoms with Crippen molar-refractivity contribution in [2.75, 3.05) is 31.5 Å². The number of nitrogens with one attached hydrogen (secondary N) is 2. The zero-order valence-electron chi connectivity index (χ0n) is 18.7. The zero-order valence-corrected chi connectivity index (χ0v) is 20.3. The van der Waals surface area contributed by atoms with E-state index in [1.54, 1.807) is 0 Å². The van der Waals surface area contributed by atoms with Crippen LogP contribution in [-0.2, 0) is 0 Å². The van der Waals surface area contributed by atoms with E-state index in [0.29, 0.717) is 17.4 Å². The van der Waals surface area contributed by atoms with Crippen molar-refractivity contribution >= 4 is 40.3 Å². The summed E-state index contributed by atoms with van der Waals surface area (Å²) in [5.41, 5.74) is 4.02. The minimum absolute atomic E-state index is 0.395. The fourth-order valence-electron chi connectivity index (χ4n) is 6.15. The van der Waals surface area contributed by atoms with Gasteiger partial charge in [0.15, 0.2) is 10.2 Å². The molecule has 5 rings (SSSR count). The van der Waals surface area contributed by atoms with Gasteiger partial charge in [-0.15, -0.1) is 0 Å². The first-order chi connectivity index (χ1) is 14.9. The molecule has 2 N–H and O–H groups in total. The maximum absolute atomic E-state index is 5.83. The minimum Gasteiger partial charge on any atom is -0.359 e. The van der Waals surface area contributed by atoms with Crippen LogP contribution >= 0.6 is 24.4 Å². The Hall–Kier alpha value is -1.66. The quantitative estimate of drug-likeness (QED) is 0.501. The fraction of sp³-hybridized carbons (Fsp3) is 0.600.